The van der Waals surface area contributed by atoms with E-state index in [0.717, 1.165) is 16.6 Å². The Morgan fingerprint density at radius 2 is 1.74 bits per heavy atom. The molecule has 0 saturated heterocycles. The largest absolute Gasteiger partial charge is 0.381 e. The molecule has 0 bridgehead atoms. The van der Waals surface area contributed by atoms with Crippen molar-refractivity contribution in [1.82, 2.24) is 24.5 Å². The summed E-state index contributed by atoms with van der Waals surface area (Å²) in [5, 5.41) is 8.42. The lowest BCUT2D eigenvalue weighted by Gasteiger charge is -2.21. The number of nitrogens with two attached hydrogens (primary N) is 1. The third-order valence-corrected chi connectivity index (χ3v) is 7.26. The zero-order valence-electron chi connectivity index (χ0n) is 23.9. The summed E-state index contributed by atoms with van der Waals surface area (Å²) in [7, 11) is 3.98. The zero-order chi connectivity index (χ0) is 30.1. The van der Waals surface area contributed by atoms with Crippen molar-refractivity contribution >= 4 is 33.8 Å². The van der Waals surface area contributed by atoms with Crippen LogP contribution in [0.4, 0.5) is 11.5 Å². The third kappa shape index (κ3) is 5.18. The molecule has 3 N–H and O–H groups in total. The minimum atomic E-state index is -0.576. The van der Waals surface area contributed by atoms with Crippen LogP contribution in [0.3, 0.4) is 0 Å². The molecule has 0 radical (unpaired) electrons. The van der Waals surface area contributed by atoms with Crippen LogP contribution in [-0.2, 0) is 0 Å². The Labute approximate surface area is 248 Å². The quantitative estimate of drug-likeness (QED) is 0.295. The van der Waals surface area contributed by atoms with Crippen molar-refractivity contribution in [3.05, 3.63) is 130 Å². The van der Waals surface area contributed by atoms with Gasteiger partial charge in [-0.3, -0.25) is 14.2 Å². The molecular weight excluding hydrogens is 538 g/mol. The number of aromatic nitrogens is 4. The van der Waals surface area contributed by atoms with Gasteiger partial charge in [0.15, 0.2) is 11.5 Å². The highest BCUT2D eigenvalue weighted by molar-refractivity contribution is 6.04. The molecule has 0 spiro atoms. The number of fused-ring (bicyclic) bond motifs is 2. The molecule has 6 aromatic rings. The summed E-state index contributed by atoms with van der Waals surface area (Å²) >= 11 is 0. The maximum absolute atomic E-state index is 14.3. The molecule has 0 aliphatic carbocycles. The molecule has 43 heavy (non-hydrogen) atoms. The first-order valence-electron chi connectivity index (χ1n) is 13.7. The van der Waals surface area contributed by atoms with E-state index in [1.807, 2.05) is 105 Å². The van der Waals surface area contributed by atoms with Gasteiger partial charge in [-0.15, -0.1) is 5.10 Å². The summed E-state index contributed by atoms with van der Waals surface area (Å²) in [5.74, 6) is 6.06. The summed E-state index contributed by atoms with van der Waals surface area (Å²) in [6.45, 7) is 1.83. The highest BCUT2D eigenvalue weighted by Gasteiger charge is 2.24. The topological polar surface area (TPSA) is 111 Å². The monoisotopic (exact) mass is 567 g/mol. The van der Waals surface area contributed by atoms with Gasteiger partial charge in [-0.2, -0.15) is 0 Å². The predicted molar refractivity (Wildman–Crippen MR) is 170 cm³/mol. The van der Waals surface area contributed by atoms with Crippen LogP contribution >= 0.6 is 0 Å². The van der Waals surface area contributed by atoms with E-state index in [1.165, 1.54) is 4.52 Å². The molecule has 1 unspecified atom stereocenters. The normalized spacial score (nSPS) is 11.6. The van der Waals surface area contributed by atoms with Crippen molar-refractivity contribution in [2.45, 2.75) is 13.0 Å². The Balaban J connectivity index is 1.45. The van der Waals surface area contributed by atoms with Gasteiger partial charge < -0.3 is 16.0 Å². The summed E-state index contributed by atoms with van der Waals surface area (Å²) in [4.78, 5) is 34.0. The maximum Gasteiger partial charge on any atom is 0.264 e. The second-order valence-electron chi connectivity index (χ2n) is 10.3. The average molecular weight is 568 g/mol. The van der Waals surface area contributed by atoms with Crippen LogP contribution in [-0.4, -0.2) is 39.2 Å². The Kier molecular flexibility index (Phi) is 7.10. The fourth-order valence-electron chi connectivity index (χ4n) is 5.10. The van der Waals surface area contributed by atoms with E-state index >= 15 is 0 Å². The Hall–Kier alpha value is -5.88. The number of hydrogen-bond donors (Lipinski definition) is 2. The van der Waals surface area contributed by atoms with E-state index in [2.05, 4.69) is 27.2 Å². The molecule has 3 heterocycles. The van der Waals surface area contributed by atoms with Crippen molar-refractivity contribution in [3.8, 4) is 17.5 Å². The van der Waals surface area contributed by atoms with Crippen LogP contribution in [0, 0.1) is 11.8 Å². The van der Waals surface area contributed by atoms with Gasteiger partial charge in [0.05, 0.1) is 11.4 Å². The molecule has 6 rings (SSSR count). The third-order valence-electron chi connectivity index (χ3n) is 7.26. The zero-order valence-corrected chi connectivity index (χ0v) is 23.9. The first-order valence-corrected chi connectivity index (χ1v) is 13.7. The molecule has 212 valence electrons. The van der Waals surface area contributed by atoms with Crippen molar-refractivity contribution in [2.75, 3.05) is 24.7 Å². The van der Waals surface area contributed by atoms with Gasteiger partial charge in [-0.05, 0) is 66.9 Å². The number of amides is 1. The molecule has 0 aliphatic rings. The fourth-order valence-corrected chi connectivity index (χ4v) is 5.10. The van der Waals surface area contributed by atoms with E-state index in [-0.39, 0.29) is 16.9 Å². The number of pyridine rings is 1. The summed E-state index contributed by atoms with van der Waals surface area (Å²) in [6, 6.07) is 26.0. The van der Waals surface area contributed by atoms with Crippen LogP contribution in [0.5, 0.6) is 0 Å². The number of carbonyl (C=O) groups excluding carboxylic acids is 1. The second-order valence-corrected chi connectivity index (χ2v) is 10.3. The predicted octanol–water partition coefficient (Wildman–Crippen LogP) is 4.57. The van der Waals surface area contributed by atoms with Gasteiger partial charge >= 0.3 is 0 Å². The highest BCUT2D eigenvalue weighted by Crippen LogP contribution is 2.24. The van der Waals surface area contributed by atoms with E-state index < -0.39 is 11.9 Å². The Morgan fingerprint density at radius 3 is 2.49 bits per heavy atom. The molecule has 1 atom stereocenters. The molecule has 1 amide bonds. The van der Waals surface area contributed by atoms with Gasteiger partial charge in [-0.25, -0.2) is 9.50 Å². The SMILES string of the molecule is CC(NC(=O)c1c(N)nn2cccnc12)c1cc2cccc(C#Cc3ccc(N(C)C)cc3)c2c(=O)n1-c1ccccc1. The minimum absolute atomic E-state index is 0.0712. The molecule has 9 nitrogen and oxygen atoms in total. The summed E-state index contributed by atoms with van der Waals surface area (Å²) < 4.78 is 3.09. The van der Waals surface area contributed by atoms with Gasteiger partial charge in [0, 0.05) is 54.7 Å². The van der Waals surface area contributed by atoms with Crippen LogP contribution in [0.15, 0.2) is 102 Å². The number of nitrogens with one attached hydrogen (secondary N) is 1. The molecule has 0 fully saturated rings. The van der Waals surface area contributed by atoms with Crippen molar-refractivity contribution in [1.29, 1.82) is 0 Å². The molecule has 0 saturated carbocycles. The number of nitrogen functional groups attached to an aromatic ring is 1. The van der Waals surface area contributed by atoms with Gasteiger partial charge in [0.1, 0.15) is 5.56 Å². The van der Waals surface area contributed by atoms with E-state index in [9.17, 15) is 9.59 Å². The molecule has 3 aromatic carbocycles. The standard InChI is InChI=1S/C34H29N7O2/c1-22(37-33(42)30-31(35)38-40-20-8-19-36-32(30)40)28-21-25-10-7-9-24(16-13-23-14-17-26(18-15-23)39(2)3)29(25)34(43)41(28)27-11-5-4-6-12-27/h4-12,14-15,17-22H,1-3H3,(H2,35,38)(H,37,42). The first kappa shape index (κ1) is 27.3. The number of benzene rings is 3. The summed E-state index contributed by atoms with van der Waals surface area (Å²) in [5.41, 5.74) is 10.2. The van der Waals surface area contributed by atoms with Crippen LogP contribution in [0.25, 0.3) is 22.1 Å². The lowest BCUT2D eigenvalue weighted by Crippen LogP contribution is -2.32. The lowest BCUT2D eigenvalue weighted by atomic mass is 10.0. The molecular formula is C34H29N7O2. The van der Waals surface area contributed by atoms with E-state index in [1.54, 1.807) is 23.0 Å². The number of anilines is 2. The number of rotatable bonds is 5. The molecule has 0 aliphatic heterocycles. The second kappa shape index (κ2) is 11.2. The smallest absolute Gasteiger partial charge is 0.264 e. The van der Waals surface area contributed by atoms with E-state index in [4.69, 9.17) is 5.73 Å². The summed E-state index contributed by atoms with van der Waals surface area (Å²) in [6.07, 6.45) is 3.25. The molecule has 3 aromatic heterocycles. The molecule has 9 heteroatoms. The Morgan fingerprint density at radius 1 is 0.977 bits per heavy atom. The minimum Gasteiger partial charge on any atom is -0.381 e. The number of carbonyl (C=O) groups is 1. The van der Waals surface area contributed by atoms with E-state index in [0.29, 0.717) is 28.0 Å². The average Bonchev–Trinajstić information content (AvgIpc) is 3.36. The highest BCUT2D eigenvalue weighted by atomic mass is 16.2. The van der Waals surface area contributed by atoms with Crippen LogP contribution < -0.4 is 21.5 Å². The number of hydrogen-bond acceptors (Lipinski definition) is 6. The Bertz CT molecular complexity index is 2100. The van der Waals surface area contributed by atoms with Crippen LogP contribution in [0.2, 0.25) is 0 Å². The van der Waals surface area contributed by atoms with Crippen molar-refractivity contribution in [3.63, 3.8) is 0 Å². The first-order chi connectivity index (χ1) is 20.8. The van der Waals surface area contributed by atoms with Crippen LogP contribution in [0.1, 0.15) is 40.1 Å². The lowest BCUT2D eigenvalue weighted by molar-refractivity contribution is 0.0941. The maximum atomic E-state index is 14.3. The van der Waals surface area contributed by atoms with Crippen molar-refractivity contribution in [2.24, 2.45) is 0 Å². The van der Waals surface area contributed by atoms with Gasteiger partial charge in [0.2, 0.25) is 0 Å². The van der Waals surface area contributed by atoms with Gasteiger partial charge in [0.25, 0.3) is 11.5 Å². The fraction of sp³-hybridized carbons (Fsp3) is 0.118. The number of para-hydroxylation sites is 1. The number of nitrogens with zero attached hydrogens (tertiary/aromatic N) is 5. The van der Waals surface area contributed by atoms with Crippen molar-refractivity contribution < 1.29 is 4.79 Å². The van der Waals surface area contributed by atoms with Gasteiger partial charge in [-0.1, -0.05) is 42.2 Å².